The predicted octanol–water partition coefficient (Wildman–Crippen LogP) is 2.39. The summed E-state index contributed by atoms with van der Waals surface area (Å²) in [5.74, 6) is 0. The monoisotopic (exact) mass is 257 g/mol. The van der Waals surface area contributed by atoms with Crippen molar-refractivity contribution in [3.8, 4) is 0 Å². The fraction of sp³-hybridized carbons (Fsp3) is 0.400. The summed E-state index contributed by atoms with van der Waals surface area (Å²) in [6.45, 7) is 4.49. The number of imidazole rings is 1. The molecule has 0 amide bonds. The molecule has 0 spiro atoms. The van der Waals surface area contributed by atoms with Gasteiger partial charge in [0, 0.05) is 29.5 Å². The van der Waals surface area contributed by atoms with Gasteiger partial charge in [-0.25, -0.2) is 9.78 Å². The molecule has 0 fully saturated rings. The van der Waals surface area contributed by atoms with E-state index in [-0.39, 0.29) is 11.7 Å². The van der Waals surface area contributed by atoms with E-state index in [1.807, 2.05) is 13.8 Å². The van der Waals surface area contributed by atoms with Crippen LogP contribution >= 0.6 is 22.9 Å². The molecule has 0 N–H and O–H groups in total. The van der Waals surface area contributed by atoms with E-state index in [0.717, 1.165) is 4.88 Å². The zero-order valence-electron chi connectivity index (χ0n) is 9.05. The second-order valence-corrected chi connectivity index (χ2v) is 5.49. The molecule has 0 saturated carbocycles. The summed E-state index contributed by atoms with van der Waals surface area (Å²) >= 11 is 7.13. The fourth-order valence-corrected chi connectivity index (χ4v) is 2.44. The highest BCUT2D eigenvalue weighted by Gasteiger charge is 2.07. The van der Waals surface area contributed by atoms with Gasteiger partial charge in [-0.15, -0.1) is 11.3 Å². The number of halogens is 1. The van der Waals surface area contributed by atoms with E-state index in [4.69, 9.17) is 11.6 Å². The quantitative estimate of drug-likeness (QED) is 0.847. The molecule has 6 heteroatoms. The van der Waals surface area contributed by atoms with Gasteiger partial charge in [-0.1, -0.05) is 11.6 Å². The Balaban J connectivity index is 2.26. The van der Waals surface area contributed by atoms with E-state index in [0.29, 0.717) is 11.0 Å². The van der Waals surface area contributed by atoms with Crippen LogP contribution < -0.4 is 5.69 Å². The summed E-state index contributed by atoms with van der Waals surface area (Å²) in [6, 6.07) is 0.179. The lowest BCUT2D eigenvalue weighted by Crippen LogP contribution is -2.25. The lowest BCUT2D eigenvalue weighted by molar-refractivity contribution is 0.562. The minimum Gasteiger partial charge on any atom is -0.297 e. The Bertz CT molecular complexity index is 540. The van der Waals surface area contributed by atoms with Crippen LogP contribution in [0.1, 0.15) is 24.8 Å². The summed E-state index contributed by atoms with van der Waals surface area (Å²) < 4.78 is 3.86. The molecule has 0 bridgehead atoms. The first kappa shape index (κ1) is 11.4. The average molecular weight is 258 g/mol. The van der Waals surface area contributed by atoms with Crippen molar-refractivity contribution in [2.45, 2.75) is 26.4 Å². The highest BCUT2D eigenvalue weighted by atomic mass is 35.5. The van der Waals surface area contributed by atoms with Gasteiger partial charge >= 0.3 is 5.69 Å². The van der Waals surface area contributed by atoms with Crippen molar-refractivity contribution >= 4 is 22.9 Å². The van der Waals surface area contributed by atoms with E-state index in [1.54, 1.807) is 27.7 Å². The topological polar surface area (TPSA) is 39.8 Å². The average Bonchev–Trinajstić information content (AvgIpc) is 2.76. The maximum atomic E-state index is 11.9. The lowest BCUT2D eigenvalue weighted by Gasteiger charge is -2.03. The molecule has 0 saturated heterocycles. The first-order valence-electron chi connectivity index (χ1n) is 4.95. The van der Waals surface area contributed by atoms with Crippen molar-refractivity contribution in [2.24, 2.45) is 0 Å². The van der Waals surface area contributed by atoms with Crippen LogP contribution in [-0.4, -0.2) is 14.1 Å². The Morgan fingerprint density at radius 3 is 2.75 bits per heavy atom. The Hall–Kier alpha value is -1.07. The van der Waals surface area contributed by atoms with Crippen molar-refractivity contribution in [3.05, 3.63) is 38.4 Å². The molecule has 0 radical (unpaired) electrons. The van der Waals surface area contributed by atoms with Crippen LogP contribution in [0.4, 0.5) is 0 Å². The van der Waals surface area contributed by atoms with Gasteiger partial charge < -0.3 is 0 Å². The molecule has 4 nitrogen and oxygen atoms in total. The van der Waals surface area contributed by atoms with Gasteiger partial charge in [0.25, 0.3) is 0 Å². The lowest BCUT2D eigenvalue weighted by atomic mass is 10.4. The Labute approximate surface area is 102 Å². The van der Waals surface area contributed by atoms with Gasteiger partial charge in [0.2, 0.25) is 0 Å². The minimum atomic E-state index is -0.000442. The summed E-state index contributed by atoms with van der Waals surface area (Å²) in [5, 5.41) is 0. The van der Waals surface area contributed by atoms with E-state index in [9.17, 15) is 4.79 Å². The van der Waals surface area contributed by atoms with Gasteiger partial charge in [0.1, 0.15) is 0 Å². The summed E-state index contributed by atoms with van der Waals surface area (Å²) in [7, 11) is 0. The molecule has 2 aromatic rings. The number of hydrogen-bond acceptors (Lipinski definition) is 3. The second-order valence-electron chi connectivity index (χ2n) is 3.79. The van der Waals surface area contributed by atoms with E-state index in [1.165, 1.54) is 11.3 Å². The van der Waals surface area contributed by atoms with E-state index in [2.05, 4.69) is 4.98 Å². The molecule has 0 aliphatic heterocycles. The number of rotatable bonds is 3. The number of nitrogens with zero attached hydrogens (tertiary/aromatic N) is 3. The molecule has 0 unspecified atom stereocenters. The molecule has 0 atom stereocenters. The third kappa shape index (κ3) is 2.20. The van der Waals surface area contributed by atoms with Crippen molar-refractivity contribution in [1.29, 1.82) is 0 Å². The fourth-order valence-electron chi connectivity index (χ4n) is 1.47. The maximum absolute atomic E-state index is 11.9. The summed E-state index contributed by atoms with van der Waals surface area (Å²) in [4.78, 5) is 16.8. The smallest absolute Gasteiger partial charge is 0.297 e. The highest BCUT2D eigenvalue weighted by Crippen LogP contribution is 2.18. The zero-order chi connectivity index (χ0) is 11.7. The van der Waals surface area contributed by atoms with Crippen molar-refractivity contribution in [3.63, 3.8) is 0 Å². The summed E-state index contributed by atoms with van der Waals surface area (Å²) in [6.07, 6.45) is 5.29. The van der Waals surface area contributed by atoms with Crippen LogP contribution in [0.15, 0.2) is 23.4 Å². The molecular formula is C10H12ClN3OS. The van der Waals surface area contributed by atoms with E-state index < -0.39 is 0 Å². The Morgan fingerprint density at radius 2 is 2.25 bits per heavy atom. The van der Waals surface area contributed by atoms with Gasteiger partial charge in [-0.2, -0.15) is 0 Å². The normalized spacial score (nSPS) is 11.2. The molecule has 2 heterocycles. The molecule has 0 aliphatic rings. The first-order valence-corrected chi connectivity index (χ1v) is 6.15. The summed E-state index contributed by atoms with van der Waals surface area (Å²) in [5.41, 5.74) is -0.000442. The van der Waals surface area contributed by atoms with Crippen molar-refractivity contribution < 1.29 is 0 Å². The molecule has 86 valence electrons. The molecule has 0 aromatic carbocycles. The second kappa shape index (κ2) is 4.43. The number of hydrogen-bond donors (Lipinski definition) is 0. The van der Waals surface area contributed by atoms with Gasteiger partial charge in [-0.05, 0) is 13.8 Å². The molecular weight excluding hydrogens is 246 g/mol. The highest BCUT2D eigenvalue weighted by molar-refractivity contribution is 7.15. The van der Waals surface area contributed by atoms with Crippen molar-refractivity contribution in [1.82, 2.24) is 14.1 Å². The van der Waals surface area contributed by atoms with Gasteiger partial charge in [0.15, 0.2) is 4.47 Å². The zero-order valence-corrected chi connectivity index (χ0v) is 10.6. The SMILES string of the molecule is CC(C)n1ccn(Cc2cnc(Cl)s2)c1=O. The van der Waals surface area contributed by atoms with Crippen LogP contribution in [0.5, 0.6) is 0 Å². The number of aromatic nitrogens is 3. The third-order valence-electron chi connectivity index (χ3n) is 2.28. The Morgan fingerprint density at radius 1 is 1.50 bits per heavy atom. The molecule has 16 heavy (non-hydrogen) atoms. The third-order valence-corrected chi connectivity index (χ3v) is 3.38. The Kier molecular flexibility index (Phi) is 3.16. The molecule has 0 aliphatic carbocycles. The van der Waals surface area contributed by atoms with Crippen molar-refractivity contribution in [2.75, 3.05) is 0 Å². The van der Waals surface area contributed by atoms with Crippen LogP contribution in [-0.2, 0) is 6.54 Å². The molecule has 2 rings (SSSR count). The maximum Gasteiger partial charge on any atom is 0.328 e. The minimum absolute atomic E-state index is 0.000442. The predicted molar refractivity (Wildman–Crippen MR) is 65.3 cm³/mol. The van der Waals surface area contributed by atoms with Gasteiger partial charge in [0.05, 0.1) is 6.54 Å². The largest absolute Gasteiger partial charge is 0.328 e. The molecule has 2 aromatic heterocycles. The van der Waals surface area contributed by atoms with Crippen LogP contribution in [0, 0.1) is 0 Å². The first-order chi connectivity index (χ1) is 7.58. The van der Waals surface area contributed by atoms with Gasteiger partial charge in [-0.3, -0.25) is 9.13 Å². The van der Waals surface area contributed by atoms with Crippen LogP contribution in [0.2, 0.25) is 4.47 Å². The van der Waals surface area contributed by atoms with Crippen LogP contribution in [0.3, 0.4) is 0 Å². The van der Waals surface area contributed by atoms with E-state index >= 15 is 0 Å². The number of thiazole rings is 1. The van der Waals surface area contributed by atoms with Crippen LogP contribution in [0.25, 0.3) is 0 Å². The standard InChI is InChI=1S/C10H12ClN3OS/c1-7(2)14-4-3-13(10(14)15)6-8-5-12-9(11)16-8/h3-5,7H,6H2,1-2H3.